The predicted molar refractivity (Wildman–Crippen MR) is 69.2 cm³/mol. The average molecular weight is 302 g/mol. The molecule has 2 unspecified atom stereocenters. The summed E-state index contributed by atoms with van der Waals surface area (Å²) in [4.78, 5) is 2.27. The number of hydrogen-bond acceptors (Lipinski definition) is 2. The molecule has 1 N–H and O–H groups in total. The second-order valence-corrected chi connectivity index (χ2v) is 5.59. The minimum atomic E-state index is -0.234. The van der Waals surface area contributed by atoms with E-state index in [2.05, 4.69) is 27.8 Å². The topological polar surface area (TPSA) is 23.5 Å². The minimum absolute atomic E-state index is 0.198. The van der Waals surface area contributed by atoms with Crippen molar-refractivity contribution in [3.05, 3.63) is 34.1 Å². The van der Waals surface area contributed by atoms with E-state index in [-0.39, 0.29) is 18.5 Å². The molecule has 94 valence electrons. The summed E-state index contributed by atoms with van der Waals surface area (Å²) < 4.78 is 13.6. The molecule has 1 fully saturated rings. The molecule has 0 bridgehead atoms. The van der Waals surface area contributed by atoms with Crippen molar-refractivity contribution in [2.45, 2.75) is 25.9 Å². The molecule has 4 heteroatoms. The second kappa shape index (κ2) is 5.46. The SMILES string of the molecule is CC1CCN(Cc2ccc(F)c(Br)c2)C1CO. The van der Waals surface area contributed by atoms with E-state index in [9.17, 15) is 9.50 Å². The largest absolute Gasteiger partial charge is 0.395 e. The van der Waals surface area contributed by atoms with Gasteiger partial charge < -0.3 is 5.11 Å². The first kappa shape index (κ1) is 13.0. The zero-order valence-corrected chi connectivity index (χ0v) is 11.5. The van der Waals surface area contributed by atoms with E-state index >= 15 is 0 Å². The number of halogens is 2. The monoisotopic (exact) mass is 301 g/mol. The maximum Gasteiger partial charge on any atom is 0.137 e. The van der Waals surface area contributed by atoms with Crippen LogP contribution in [0.1, 0.15) is 18.9 Å². The summed E-state index contributed by atoms with van der Waals surface area (Å²) in [6, 6.07) is 5.33. The van der Waals surface area contributed by atoms with Crippen molar-refractivity contribution in [2.75, 3.05) is 13.2 Å². The molecule has 0 amide bonds. The fourth-order valence-electron chi connectivity index (χ4n) is 2.45. The fourth-order valence-corrected chi connectivity index (χ4v) is 2.88. The zero-order chi connectivity index (χ0) is 12.4. The smallest absolute Gasteiger partial charge is 0.137 e. The van der Waals surface area contributed by atoms with Gasteiger partial charge >= 0.3 is 0 Å². The predicted octanol–water partition coefficient (Wildman–Crippen LogP) is 2.79. The van der Waals surface area contributed by atoms with Gasteiger partial charge in [-0.3, -0.25) is 4.90 Å². The van der Waals surface area contributed by atoms with Gasteiger partial charge in [-0.15, -0.1) is 0 Å². The number of rotatable bonds is 3. The molecule has 1 aromatic rings. The Balaban J connectivity index is 2.07. The van der Waals surface area contributed by atoms with Crippen LogP contribution in [-0.2, 0) is 6.54 Å². The summed E-state index contributed by atoms with van der Waals surface area (Å²) in [5, 5.41) is 9.37. The van der Waals surface area contributed by atoms with Gasteiger partial charge in [-0.05, 0) is 52.5 Å². The average Bonchev–Trinajstić information content (AvgIpc) is 2.64. The van der Waals surface area contributed by atoms with Crippen LogP contribution in [0.5, 0.6) is 0 Å². The van der Waals surface area contributed by atoms with Crippen molar-refractivity contribution in [1.29, 1.82) is 0 Å². The van der Waals surface area contributed by atoms with Crippen molar-refractivity contribution in [2.24, 2.45) is 5.92 Å². The Hall–Kier alpha value is -0.450. The molecule has 1 aromatic carbocycles. The van der Waals surface area contributed by atoms with Gasteiger partial charge in [-0.25, -0.2) is 4.39 Å². The van der Waals surface area contributed by atoms with E-state index in [4.69, 9.17) is 0 Å². The van der Waals surface area contributed by atoms with Crippen LogP contribution in [0.3, 0.4) is 0 Å². The van der Waals surface area contributed by atoms with Crippen LogP contribution in [0.2, 0.25) is 0 Å². The van der Waals surface area contributed by atoms with E-state index in [0.29, 0.717) is 10.4 Å². The number of aliphatic hydroxyl groups is 1. The van der Waals surface area contributed by atoms with E-state index in [1.807, 2.05) is 6.07 Å². The fraction of sp³-hybridized carbons (Fsp3) is 0.538. The van der Waals surface area contributed by atoms with Crippen LogP contribution in [0.15, 0.2) is 22.7 Å². The molecule has 1 aliphatic heterocycles. The third-order valence-corrected chi connectivity index (χ3v) is 4.16. The number of likely N-dealkylation sites (tertiary alicyclic amines) is 1. The zero-order valence-electron chi connectivity index (χ0n) is 9.87. The molecule has 2 atom stereocenters. The van der Waals surface area contributed by atoms with Crippen LogP contribution < -0.4 is 0 Å². The molecule has 1 aliphatic rings. The van der Waals surface area contributed by atoms with Crippen LogP contribution >= 0.6 is 15.9 Å². The number of hydrogen-bond donors (Lipinski definition) is 1. The lowest BCUT2D eigenvalue weighted by atomic mass is 10.0. The van der Waals surface area contributed by atoms with Crippen LogP contribution in [-0.4, -0.2) is 29.2 Å². The molecule has 0 radical (unpaired) electrons. The highest BCUT2D eigenvalue weighted by atomic mass is 79.9. The summed E-state index contributed by atoms with van der Waals surface area (Å²) in [7, 11) is 0. The van der Waals surface area contributed by atoms with Gasteiger partial charge in [-0.1, -0.05) is 13.0 Å². The second-order valence-electron chi connectivity index (χ2n) is 4.73. The number of benzene rings is 1. The lowest BCUT2D eigenvalue weighted by Crippen LogP contribution is -2.34. The van der Waals surface area contributed by atoms with Crippen molar-refractivity contribution in [3.63, 3.8) is 0 Å². The van der Waals surface area contributed by atoms with Crippen LogP contribution in [0.25, 0.3) is 0 Å². The van der Waals surface area contributed by atoms with Gasteiger partial charge in [0.25, 0.3) is 0 Å². The molecular formula is C13H17BrFNO. The first-order chi connectivity index (χ1) is 8.11. The Morgan fingerprint density at radius 3 is 2.94 bits per heavy atom. The summed E-state index contributed by atoms with van der Waals surface area (Å²) in [6.45, 7) is 4.14. The Bertz CT molecular complexity index is 399. The summed E-state index contributed by atoms with van der Waals surface area (Å²) in [6.07, 6.45) is 1.12. The first-order valence-electron chi connectivity index (χ1n) is 5.90. The van der Waals surface area contributed by atoms with Crippen molar-refractivity contribution < 1.29 is 9.50 Å². The number of aliphatic hydroxyl groups excluding tert-OH is 1. The van der Waals surface area contributed by atoms with E-state index in [1.165, 1.54) is 6.07 Å². The molecule has 0 aromatic heterocycles. The van der Waals surface area contributed by atoms with Gasteiger partial charge in [0.05, 0.1) is 11.1 Å². The maximum absolute atomic E-state index is 13.1. The standard InChI is InChI=1S/C13H17BrFNO/c1-9-4-5-16(13(9)8-17)7-10-2-3-12(15)11(14)6-10/h2-3,6,9,13,17H,4-5,7-8H2,1H3. The summed E-state index contributed by atoms with van der Waals surface area (Å²) >= 11 is 3.20. The molecule has 0 spiro atoms. The van der Waals surface area contributed by atoms with E-state index < -0.39 is 0 Å². The lowest BCUT2D eigenvalue weighted by molar-refractivity contribution is 0.134. The molecular weight excluding hydrogens is 285 g/mol. The van der Waals surface area contributed by atoms with E-state index in [0.717, 1.165) is 25.1 Å². The molecule has 0 saturated carbocycles. The minimum Gasteiger partial charge on any atom is -0.395 e. The normalized spacial score (nSPS) is 25.4. The van der Waals surface area contributed by atoms with Gasteiger partial charge in [0.1, 0.15) is 5.82 Å². The lowest BCUT2D eigenvalue weighted by Gasteiger charge is -2.25. The van der Waals surface area contributed by atoms with Crippen LogP contribution in [0, 0.1) is 11.7 Å². The highest BCUT2D eigenvalue weighted by Crippen LogP contribution is 2.26. The van der Waals surface area contributed by atoms with E-state index in [1.54, 1.807) is 6.07 Å². The maximum atomic E-state index is 13.1. The molecule has 2 rings (SSSR count). The molecule has 17 heavy (non-hydrogen) atoms. The van der Waals surface area contributed by atoms with Crippen molar-refractivity contribution >= 4 is 15.9 Å². The highest BCUT2D eigenvalue weighted by Gasteiger charge is 2.30. The Labute approximate surface area is 110 Å². The van der Waals surface area contributed by atoms with Gasteiger partial charge in [0.15, 0.2) is 0 Å². The third kappa shape index (κ3) is 2.87. The quantitative estimate of drug-likeness (QED) is 0.928. The summed E-state index contributed by atoms with van der Waals surface area (Å²) in [5.41, 5.74) is 1.07. The molecule has 2 nitrogen and oxygen atoms in total. The third-order valence-electron chi connectivity index (χ3n) is 3.55. The Kier molecular flexibility index (Phi) is 4.17. The Morgan fingerprint density at radius 1 is 1.53 bits per heavy atom. The Morgan fingerprint density at radius 2 is 2.29 bits per heavy atom. The van der Waals surface area contributed by atoms with Gasteiger partial charge in [0.2, 0.25) is 0 Å². The van der Waals surface area contributed by atoms with Gasteiger partial charge in [0, 0.05) is 12.6 Å². The molecule has 0 aliphatic carbocycles. The highest BCUT2D eigenvalue weighted by molar-refractivity contribution is 9.10. The summed E-state index contributed by atoms with van der Waals surface area (Å²) in [5.74, 6) is 0.297. The number of nitrogens with zero attached hydrogens (tertiary/aromatic N) is 1. The van der Waals surface area contributed by atoms with Crippen molar-refractivity contribution in [1.82, 2.24) is 4.90 Å². The van der Waals surface area contributed by atoms with Crippen molar-refractivity contribution in [3.8, 4) is 0 Å². The van der Waals surface area contributed by atoms with Crippen LogP contribution in [0.4, 0.5) is 4.39 Å². The first-order valence-corrected chi connectivity index (χ1v) is 6.70. The van der Waals surface area contributed by atoms with Gasteiger partial charge in [-0.2, -0.15) is 0 Å². The molecule has 1 saturated heterocycles. The molecule has 1 heterocycles.